The minimum atomic E-state index is -0.192. The number of nitrogens with zero attached hydrogens (tertiary/aromatic N) is 1. The molecular weight excluding hydrogens is 266 g/mol. The predicted molar refractivity (Wildman–Crippen MR) is 81.9 cm³/mol. The van der Waals surface area contributed by atoms with Crippen molar-refractivity contribution in [3.8, 4) is 11.5 Å². The van der Waals surface area contributed by atoms with Gasteiger partial charge in [0.25, 0.3) is 0 Å². The Morgan fingerprint density at radius 3 is 2.67 bits per heavy atom. The lowest BCUT2D eigenvalue weighted by atomic mass is 9.84. The van der Waals surface area contributed by atoms with Crippen LogP contribution >= 0.6 is 0 Å². The number of fused-ring (bicyclic) bond motifs is 1. The molecule has 0 amide bonds. The third-order valence-corrected chi connectivity index (χ3v) is 4.90. The fourth-order valence-corrected chi connectivity index (χ4v) is 3.88. The molecule has 1 aromatic rings. The van der Waals surface area contributed by atoms with E-state index in [9.17, 15) is 5.11 Å². The summed E-state index contributed by atoms with van der Waals surface area (Å²) < 4.78 is 10.7. The number of rotatable bonds is 3. The number of aliphatic hydroxyl groups is 1. The third kappa shape index (κ3) is 2.87. The number of methoxy groups -OCH3 is 2. The molecule has 2 fully saturated rings. The summed E-state index contributed by atoms with van der Waals surface area (Å²) in [4.78, 5) is 2.58. The van der Waals surface area contributed by atoms with Crippen LogP contribution in [0.4, 0.5) is 0 Å². The standard InChI is InChI=1S/C17H25NO3/c1-20-16-7-6-12(9-17(16)21-2)15-11-14(19)10-13-5-3-4-8-18(13)15/h6-7,9,13-15,19H,3-5,8,10-11H2,1-2H3/t13-,14-,15-/m0/s1. The first kappa shape index (κ1) is 14.7. The first-order valence-electron chi connectivity index (χ1n) is 7.88. The highest BCUT2D eigenvalue weighted by Gasteiger charge is 2.37. The monoisotopic (exact) mass is 291 g/mol. The largest absolute Gasteiger partial charge is 0.493 e. The zero-order valence-corrected chi connectivity index (χ0v) is 12.9. The second kappa shape index (κ2) is 6.24. The fourth-order valence-electron chi connectivity index (χ4n) is 3.88. The summed E-state index contributed by atoms with van der Waals surface area (Å²) in [5.74, 6) is 1.52. The van der Waals surface area contributed by atoms with Crippen LogP contribution in [0.2, 0.25) is 0 Å². The van der Waals surface area contributed by atoms with Crippen molar-refractivity contribution in [3.05, 3.63) is 23.8 Å². The molecule has 3 atom stereocenters. The van der Waals surface area contributed by atoms with Gasteiger partial charge in [-0.3, -0.25) is 4.90 Å². The van der Waals surface area contributed by atoms with E-state index in [0.717, 1.165) is 30.9 Å². The Morgan fingerprint density at radius 2 is 1.90 bits per heavy atom. The van der Waals surface area contributed by atoms with Crippen LogP contribution < -0.4 is 9.47 Å². The number of benzene rings is 1. The summed E-state index contributed by atoms with van der Waals surface area (Å²) in [6.07, 6.45) is 5.29. The number of ether oxygens (including phenoxy) is 2. The zero-order chi connectivity index (χ0) is 14.8. The minimum Gasteiger partial charge on any atom is -0.493 e. The average molecular weight is 291 g/mol. The maximum Gasteiger partial charge on any atom is 0.161 e. The molecule has 0 unspecified atom stereocenters. The summed E-state index contributed by atoms with van der Waals surface area (Å²) >= 11 is 0. The fraction of sp³-hybridized carbons (Fsp3) is 0.647. The summed E-state index contributed by atoms with van der Waals surface area (Å²) in [5.41, 5.74) is 1.22. The SMILES string of the molecule is COc1ccc([C@@H]2C[C@@H](O)C[C@@H]3CCCCN32)cc1OC. The van der Waals surface area contributed by atoms with Crippen molar-refractivity contribution in [1.29, 1.82) is 0 Å². The summed E-state index contributed by atoms with van der Waals surface area (Å²) in [5, 5.41) is 10.2. The highest BCUT2D eigenvalue weighted by atomic mass is 16.5. The molecule has 4 nitrogen and oxygen atoms in total. The molecule has 0 spiro atoms. The summed E-state index contributed by atoms with van der Waals surface area (Å²) in [7, 11) is 3.32. The molecule has 0 aliphatic carbocycles. The number of hydrogen-bond acceptors (Lipinski definition) is 4. The van der Waals surface area contributed by atoms with E-state index >= 15 is 0 Å². The maximum atomic E-state index is 10.2. The molecule has 1 aromatic carbocycles. The molecule has 0 aromatic heterocycles. The molecule has 4 heteroatoms. The lowest BCUT2D eigenvalue weighted by Gasteiger charge is -2.47. The van der Waals surface area contributed by atoms with Gasteiger partial charge in [0.1, 0.15) is 0 Å². The quantitative estimate of drug-likeness (QED) is 0.930. The molecule has 2 heterocycles. The molecule has 116 valence electrons. The molecular formula is C17H25NO3. The van der Waals surface area contributed by atoms with E-state index in [1.54, 1.807) is 14.2 Å². The van der Waals surface area contributed by atoms with Gasteiger partial charge in [-0.15, -0.1) is 0 Å². The van der Waals surface area contributed by atoms with Crippen LogP contribution in [0, 0.1) is 0 Å². The van der Waals surface area contributed by atoms with Crippen LogP contribution in [0.1, 0.15) is 43.7 Å². The highest BCUT2D eigenvalue weighted by Crippen LogP contribution is 2.40. The van der Waals surface area contributed by atoms with Crippen LogP contribution in [0.25, 0.3) is 0 Å². The first-order valence-corrected chi connectivity index (χ1v) is 7.88. The van der Waals surface area contributed by atoms with Gasteiger partial charge < -0.3 is 14.6 Å². The van der Waals surface area contributed by atoms with E-state index in [2.05, 4.69) is 17.0 Å². The molecule has 0 bridgehead atoms. The molecule has 2 aliphatic rings. The Hall–Kier alpha value is -1.26. The molecule has 0 saturated carbocycles. The van der Waals surface area contributed by atoms with Crippen LogP contribution in [0.15, 0.2) is 18.2 Å². The number of hydrogen-bond donors (Lipinski definition) is 1. The summed E-state index contributed by atoms with van der Waals surface area (Å²) in [6.45, 7) is 1.14. The zero-order valence-electron chi connectivity index (χ0n) is 12.9. The number of aliphatic hydroxyl groups excluding tert-OH is 1. The third-order valence-electron chi connectivity index (χ3n) is 4.90. The van der Waals surface area contributed by atoms with Gasteiger partial charge in [0.05, 0.1) is 20.3 Å². The Kier molecular flexibility index (Phi) is 4.36. The van der Waals surface area contributed by atoms with Crippen molar-refractivity contribution in [2.45, 2.75) is 50.3 Å². The molecule has 2 aliphatic heterocycles. The van der Waals surface area contributed by atoms with E-state index in [4.69, 9.17) is 9.47 Å². The maximum absolute atomic E-state index is 10.2. The lowest BCUT2D eigenvalue weighted by Crippen LogP contribution is -2.48. The Bertz CT molecular complexity index is 491. The van der Waals surface area contributed by atoms with Gasteiger partial charge in [-0.05, 0) is 49.9 Å². The van der Waals surface area contributed by atoms with Gasteiger partial charge in [0.15, 0.2) is 11.5 Å². The Labute approximate surface area is 126 Å². The Balaban J connectivity index is 1.89. The van der Waals surface area contributed by atoms with Crippen molar-refractivity contribution in [2.75, 3.05) is 20.8 Å². The van der Waals surface area contributed by atoms with Crippen molar-refractivity contribution in [1.82, 2.24) is 4.90 Å². The van der Waals surface area contributed by atoms with Gasteiger partial charge >= 0.3 is 0 Å². The minimum absolute atomic E-state index is 0.192. The van der Waals surface area contributed by atoms with Crippen LogP contribution in [-0.2, 0) is 0 Å². The topological polar surface area (TPSA) is 41.9 Å². The van der Waals surface area contributed by atoms with E-state index < -0.39 is 0 Å². The van der Waals surface area contributed by atoms with Crippen molar-refractivity contribution < 1.29 is 14.6 Å². The van der Waals surface area contributed by atoms with Crippen molar-refractivity contribution in [2.24, 2.45) is 0 Å². The smallest absolute Gasteiger partial charge is 0.161 e. The number of piperidine rings is 2. The van der Waals surface area contributed by atoms with Gasteiger partial charge in [0.2, 0.25) is 0 Å². The predicted octanol–water partition coefficient (Wildman–Crippen LogP) is 2.75. The van der Waals surface area contributed by atoms with Crippen LogP contribution in [0.5, 0.6) is 11.5 Å². The molecule has 0 radical (unpaired) electrons. The second-order valence-electron chi connectivity index (χ2n) is 6.14. The van der Waals surface area contributed by atoms with E-state index in [0.29, 0.717) is 12.1 Å². The van der Waals surface area contributed by atoms with Crippen molar-refractivity contribution in [3.63, 3.8) is 0 Å². The van der Waals surface area contributed by atoms with E-state index in [1.807, 2.05) is 6.07 Å². The molecule has 3 rings (SSSR count). The van der Waals surface area contributed by atoms with Crippen LogP contribution in [0.3, 0.4) is 0 Å². The van der Waals surface area contributed by atoms with Gasteiger partial charge in [-0.2, -0.15) is 0 Å². The Morgan fingerprint density at radius 1 is 1.10 bits per heavy atom. The summed E-state index contributed by atoms with van der Waals surface area (Å²) in [6, 6.07) is 6.95. The van der Waals surface area contributed by atoms with Crippen LogP contribution in [-0.4, -0.2) is 42.9 Å². The highest BCUT2D eigenvalue weighted by molar-refractivity contribution is 5.44. The van der Waals surface area contributed by atoms with Gasteiger partial charge in [-0.1, -0.05) is 12.5 Å². The lowest BCUT2D eigenvalue weighted by molar-refractivity contribution is -0.0180. The van der Waals surface area contributed by atoms with Gasteiger partial charge in [-0.25, -0.2) is 0 Å². The van der Waals surface area contributed by atoms with E-state index in [1.165, 1.54) is 24.8 Å². The first-order chi connectivity index (χ1) is 10.2. The molecule has 21 heavy (non-hydrogen) atoms. The average Bonchev–Trinajstić information content (AvgIpc) is 2.53. The molecule has 1 N–H and O–H groups in total. The van der Waals surface area contributed by atoms with Gasteiger partial charge in [0, 0.05) is 12.1 Å². The second-order valence-corrected chi connectivity index (χ2v) is 6.14. The normalized spacial score (nSPS) is 29.8. The van der Waals surface area contributed by atoms with E-state index in [-0.39, 0.29) is 6.10 Å². The molecule has 2 saturated heterocycles. The van der Waals surface area contributed by atoms with Crippen molar-refractivity contribution >= 4 is 0 Å².